The zero-order chi connectivity index (χ0) is 13.1. The summed E-state index contributed by atoms with van der Waals surface area (Å²) in [6.45, 7) is 1.10. The Hall–Kier alpha value is -1.27. The van der Waals surface area contributed by atoms with Crippen LogP contribution in [-0.4, -0.2) is 32.8 Å². The van der Waals surface area contributed by atoms with Gasteiger partial charge in [0.25, 0.3) is 0 Å². The molecule has 6 heteroatoms. The van der Waals surface area contributed by atoms with Crippen LogP contribution in [0.3, 0.4) is 0 Å². The van der Waals surface area contributed by atoms with Gasteiger partial charge < -0.3 is 5.32 Å². The van der Waals surface area contributed by atoms with E-state index in [0.717, 1.165) is 29.0 Å². The molecule has 2 heterocycles. The fraction of sp³-hybridized carbons (Fsp3) is 0.462. The predicted octanol–water partition coefficient (Wildman–Crippen LogP) is 2.11. The van der Waals surface area contributed by atoms with Gasteiger partial charge in [0, 0.05) is 16.9 Å². The maximum absolute atomic E-state index is 4.45. The number of halogens is 1. The van der Waals surface area contributed by atoms with E-state index in [1.807, 2.05) is 24.3 Å². The average Bonchev–Trinajstić information content (AvgIpc) is 2.88. The topological polar surface area (TPSA) is 55.6 Å². The summed E-state index contributed by atoms with van der Waals surface area (Å²) in [5.74, 6) is 0.805. The van der Waals surface area contributed by atoms with Gasteiger partial charge in [-0.05, 0) is 42.8 Å². The van der Waals surface area contributed by atoms with Gasteiger partial charge in [-0.1, -0.05) is 28.4 Å². The number of hydrogen-bond donors (Lipinski definition) is 1. The van der Waals surface area contributed by atoms with Crippen LogP contribution in [0.15, 0.2) is 28.7 Å². The largest absolute Gasteiger partial charge is 0.314 e. The van der Waals surface area contributed by atoms with Gasteiger partial charge in [-0.15, -0.1) is 15.0 Å². The molecule has 1 unspecified atom stereocenters. The lowest BCUT2D eigenvalue weighted by molar-refractivity contribution is 0.394. The minimum Gasteiger partial charge on any atom is -0.314 e. The number of hydrogen-bond acceptors (Lipinski definition) is 4. The third-order valence-electron chi connectivity index (χ3n) is 3.34. The predicted molar refractivity (Wildman–Crippen MR) is 76.2 cm³/mol. The van der Waals surface area contributed by atoms with E-state index in [4.69, 9.17) is 0 Å². The molecule has 0 saturated carbocycles. The molecule has 3 rings (SSSR count). The quantitative estimate of drug-likeness (QED) is 0.940. The van der Waals surface area contributed by atoms with Crippen LogP contribution in [0.4, 0.5) is 0 Å². The molecule has 19 heavy (non-hydrogen) atoms. The number of rotatable bonds is 3. The first-order chi connectivity index (χ1) is 9.31. The van der Waals surface area contributed by atoms with Gasteiger partial charge in [0.05, 0.1) is 5.69 Å². The zero-order valence-electron chi connectivity index (χ0n) is 10.6. The summed E-state index contributed by atoms with van der Waals surface area (Å²) < 4.78 is 1.01. The first-order valence-electron chi connectivity index (χ1n) is 6.59. The second kappa shape index (κ2) is 5.79. The van der Waals surface area contributed by atoms with Crippen molar-refractivity contribution in [3.8, 4) is 5.69 Å². The van der Waals surface area contributed by atoms with Crippen LogP contribution < -0.4 is 5.32 Å². The highest BCUT2D eigenvalue weighted by molar-refractivity contribution is 9.10. The highest BCUT2D eigenvalue weighted by atomic mass is 79.9. The number of tetrazole rings is 1. The number of piperidine rings is 1. The fourth-order valence-corrected chi connectivity index (χ4v) is 2.74. The molecule has 1 aliphatic rings. The Labute approximate surface area is 120 Å². The monoisotopic (exact) mass is 321 g/mol. The average molecular weight is 322 g/mol. The number of benzene rings is 1. The van der Waals surface area contributed by atoms with E-state index in [2.05, 4.69) is 36.7 Å². The van der Waals surface area contributed by atoms with E-state index in [1.54, 1.807) is 4.80 Å². The van der Waals surface area contributed by atoms with Gasteiger partial charge in [0.2, 0.25) is 0 Å². The third-order valence-corrected chi connectivity index (χ3v) is 3.83. The van der Waals surface area contributed by atoms with Crippen LogP contribution in [0.1, 0.15) is 25.1 Å². The van der Waals surface area contributed by atoms with Crippen LogP contribution in [0.25, 0.3) is 5.69 Å². The normalized spacial score (nSPS) is 19.5. The van der Waals surface area contributed by atoms with Crippen LogP contribution >= 0.6 is 15.9 Å². The number of nitrogens with one attached hydrogen (secondary N) is 1. The van der Waals surface area contributed by atoms with E-state index < -0.39 is 0 Å². The molecule has 1 aliphatic heterocycles. The molecule has 0 spiro atoms. The van der Waals surface area contributed by atoms with Gasteiger partial charge in [-0.3, -0.25) is 0 Å². The molecule has 2 aromatic rings. The van der Waals surface area contributed by atoms with Crippen molar-refractivity contribution < 1.29 is 0 Å². The smallest absolute Gasteiger partial charge is 0.176 e. The molecule has 0 bridgehead atoms. The lowest BCUT2D eigenvalue weighted by Gasteiger charge is -2.21. The summed E-state index contributed by atoms with van der Waals surface area (Å²) in [6, 6.07) is 8.38. The van der Waals surface area contributed by atoms with Crippen LogP contribution in [-0.2, 0) is 6.42 Å². The van der Waals surface area contributed by atoms with E-state index in [1.165, 1.54) is 19.3 Å². The van der Waals surface area contributed by atoms with Crippen LogP contribution in [0.2, 0.25) is 0 Å². The Morgan fingerprint density at radius 2 is 2.32 bits per heavy atom. The van der Waals surface area contributed by atoms with Crippen LogP contribution in [0.5, 0.6) is 0 Å². The van der Waals surface area contributed by atoms with Crippen molar-refractivity contribution in [2.24, 2.45) is 0 Å². The molecule has 1 N–H and O–H groups in total. The molecular weight excluding hydrogens is 306 g/mol. The Morgan fingerprint density at radius 1 is 1.37 bits per heavy atom. The molecule has 5 nitrogen and oxygen atoms in total. The Balaban J connectivity index is 1.72. The van der Waals surface area contributed by atoms with Crippen molar-refractivity contribution in [2.45, 2.75) is 31.7 Å². The Bertz CT molecular complexity index is 547. The summed E-state index contributed by atoms with van der Waals surface area (Å²) in [6.07, 6.45) is 4.62. The number of nitrogens with zero attached hydrogens (tertiary/aromatic N) is 4. The molecule has 0 radical (unpaired) electrons. The second-order valence-corrected chi connectivity index (χ2v) is 5.74. The van der Waals surface area contributed by atoms with E-state index >= 15 is 0 Å². The fourth-order valence-electron chi connectivity index (χ4n) is 2.35. The molecule has 0 aliphatic carbocycles. The van der Waals surface area contributed by atoms with Gasteiger partial charge in [0.1, 0.15) is 0 Å². The highest BCUT2D eigenvalue weighted by Crippen LogP contribution is 2.14. The minimum absolute atomic E-state index is 0.494. The van der Waals surface area contributed by atoms with Crippen molar-refractivity contribution >= 4 is 15.9 Å². The van der Waals surface area contributed by atoms with Crippen molar-refractivity contribution in [1.82, 2.24) is 25.5 Å². The first-order valence-corrected chi connectivity index (χ1v) is 7.39. The summed E-state index contributed by atoms with van der Waals surface area (Å²) >= 11 is 3.45. The van der Waals surface area contributed by atoms with Gasteiger partial charge in [0.15, 0.2) is 5.82 Å². The van der Waals surface area contributed by atoms with Gasteiger partial charge >= 0.3 is 0 Å². The molecule has 1 saturated heterocycles. The maximum Gasteiger partial charge on any atom is 0.176 e. The van der Waals surface area contributed by atoms with Gasteiger partial charge in [-0.25, -0.2) is 0 Å². The molecular formula is C13H16BrN5. The van der Waals surface area contributed by atoms with Crippen molar-refractivity contribution in [3.05, 3.63) is 34.6 Å². The van der Waals surface area contributed by atoms with E-state index in [9.17, 15) is 0 Å². The minimum atomic E-state index is 0.494. The van der Waals surface area contributed by atoms with Gasteiger partial charge in [-0.2, -0.15) is 0 Å². The first kappa shape index (κ1) is 12.7. The van der Waals surface area contributed by atoms with Crippen molar-refractivity contribution in [2.75, 3.05) is 6.54 Å². The number of aromatic nitrogens is 4. The zero-order valence-corrected chi connectivity index (χ0v) is 12.2. The molecule has 1 atom stereocenters. The van der Waals surface area contributed by atoms with Crippen LogP contribution in [0, 0.1) is 0 Å². The van der Waals surface area contributed by atoms with E-state index in [0.29, 0.717) is 6.04 Å². The SMILES string of the molecule is Brc1cccc(-n2nnc(CC3CCCCN3)n2)c1. The third kappa shape index (κ3) is 3.19. The lowest BCUT2D eigenvalue weighted by atomic mass is 10.0. The molecule has 1 aromatic heterocycles. The van der Waals surface area contributed by atoms with E-state index in [-0.39, 0.29) is 0 Å². The summed E-state index contributed by atoms with van der Waals surface area (Å²) in [4.78, 5) is 1.59. The van der Waals surface area contributed by atoms with Crippen molar-refractivity contribution in [3.63, 3.8) is 0 Å². The molecule has 1 fully saturated rings. The highest BCUT2D eigenvalue weighted by Gasteiger charge is 2.16. The standard InChI is InChI=1S/C13H16BrN5/c14-10-4-3-6-12(8-10)19-17-13(16-18-19)9-11-5-1-2-7-15-11/h3-4,6,8,11,15H,1-2,5,7,9H2. The summed E-state index contributed by atoms with van der Waals surface area (Å²) in [5, 5.41) is 16.2. The molecule has 0 amide bonds. The lowest BCUT2D eigenvalue weighted by Crippen LogP contribution is -2.35. The van der Waals surface area contributed by atoms with Crippen molar-refractivity contribution in [1.29, 1.82) is 0 Å². The Kier molecular flexibility index (Phi) is 3.89. The molecule has 1 aromatic carbocycles. The maximum atomic E-state index is 4.45. The molecule has 100 valence electrons. The summed E-state index contributed by atoms with van der Waals surface area (Å²) in [7, 11) is 0. The Morgan fingerprint density at radius 3 is 3.11 bits per heavy atom. The second-order valence-electron chi connectivity index (χ2n) is 4.83. The summed E-state index contributed by atoms with van der Waals surface area (Å²) in [5.41, 5.74) is 0.921.